The molecular weight excluding hydrogens is 345 g/mol. The second-order valence-corrected chi connectivity index (χ2v) is 6.56. The normalized spacial score (nSPS) is 12.4. The van der Waals surface area contributed by atoms with Crippen LogP contribution in [0.25, 0.3) is 0 Å². The van der Waals surface area contributed by atoms with Crippen LogP contribution in [0.15, 0.2) is 48.5 Å². The van der Waals surface area contributed by atoms with Crippen molar-refractivity contribution in [2.45, 2.75) is 32.3 Å². The van der Waals surface area contributed by atoms with E-state index < -0.39 is 29.2 Å². The van der Waals surface area contributed by atoms with Gasteiger partial charge in [0.1, 0.15) is 5.82 Å². The first-order valence-corrected chi connectivity index (χ1v) is 8.12. The van der Waals surface area contributed by atoms with E-state index >= 15 is 0 Å². The zero-order valence-electron chi connectivity index (χ0n) is 14.2. The Morgan fingerprint density at radius 1 is 1.16 bits per heavy atom. The van der Waals surface area contributed by atoms with Gasteiger partial charge in [-0.25, -0.2) is 4.39 Å². The molecule has 0 radical (unpaired) electrons. The third kappa shape index (κ3) is 4.57. The summed E-state index contributed by atoms with van der Waals surface area (Å²) in [7, 11) is 0. The molecule has 0 heterocycles. The third-order valence-corrected chi connectivity index (χ3v) is 4.14. The maximum absolute atomic E-state index is 13.1. The first-order chi connectivity index (χ1) is 11.7. The van der Waals surface area contributed by atoms with Gasteiger partial charge in [0, 0.05) is 5.69 Å². The zero-order valence-corrected chi connectivity index (χ0v) is 14.9. The number of amides is 1. The smallest absolute Gasteiger partial charge is 0.316 e. The van der Waals surface area contributed by atoms with E-state index in [0.717, 1.165) is 11.6 Å². The molecule has 0 saturated carbocycles. The van der Waals surface area contributed by atoms with Crippen LogP contribution in [0.5, 0.6) is 0 Å². The van der Waals surface area contributed by atoms with E-state index in [1.807, 2.05) is 30.3 Å². The van der Waals surface area contributed by atoms with Crippen LogP contribution < -0.4 is 5.32 Å². The average Bonchev–Trinajstić information content (AvgIpc) is 2.58. The molecular formula is C19H19ClFNO3. The topological polar surface area (TPSA) is 55.4 Å². The summed E-state index contributed by atoms with van der Waals surface area (Å²) in [4.78, 5) is 24.6. The minimum Gasteiger partial charge on any atom is -0.452 e. The lowest BCUT2D eigenvalue weighted by Crippen LogP contribution is -2.37. The maximum Gasteiger partial charge on any atom is 0.316 e. The second kappa shape index (κ2) is 7.66. The van der Waals surface area contributed by atoms with Crippen molar-refractivity contribution in [1.29, 1.82) is 0 Å². The fourth-order valence-corrected chi connectivity index (χ4v) is 2.33. The number of anilines is 1. The summed E-state index contributed by atoms with van der Waals surface area (Å²) >= 11 is 5.68. The molecule has 2 aromatic rings. The molecule has 0 spiro atoms. The van der Waals surface area contributed by atoms with Crippen molar-refractivity contribution in [2.24, 2.45) is 0 Å². The summed E-state index contributed by atoms with van der Waals surface area (Å²) in [6, 6.07) is 13.0. The molecule has 2 aromatic carbocycles. The van der Waals surface area contributed by atoms with Crippen LogP contribution in [0.3, 0.4) is 0 Å². The largest absolute Gasteiger partial charge is 0.452 e. The van der Waals surface area contributed by atoms with E-state index in [0.29, 0.717) is 5.69 Å². The molecule has 0 bridgehead atoms. The molecule has 4 nitrogen and oxygen atoms in total. The van der Waals surface area contributed by atoms with Crippen molar-refractivity contribution in [1.82, 2.24) is 0 Å². The van der Waals surface area contributed by atoms with Crippen LogP contribution in [-0.4, -0.2) is 18.0 Å². The number of rotatable bonds is 5. The molecule has 0 aliphatic heterocycles. The van der Waals surface area contributed by atoms with Crippen LogP contribution in [-0.2, 0) is 19.7 Å². The number of nitrogens with one attached hydrogen (secondary N) is 1. The van der Waals surface area contributed by atoms with E-state index in [-0.39, 0.29) is 5.02 Å². The monoisotopic (exact) mass is 363 g/mol. The van der Waals surface area contributed by atoms with Gasteiger partial charge in [-0.3, -0.25) is 9.59 Å². The fourth-order valence-electron chi connectivity index (χ4n) is 2.15. The molecule has 6 heteroatoms. The average molecular weight is 364 g/mol. The fraction of sp³-hybridized carbons (Fsp3) is 0.263. The number of benzene rings is 2. The first kappa shape index (κ1) is 18.9. The molecule has 0 aliphatic rings. The highest BCUT2D eigenvalue weighted by Crippen LogP contribution is 2.25. The van der Waals surface area contributed by atoms with Gasteiger partial charge < -0.3 is 10.1 Å². The number of hydrogen-bond donors (Lipinski definition) is 1. The summed E-state index contributed by atoms with van der Waals surface area (Å²) in [5, 5.41) is 2.44. The van der Waals surface area contributed by atoms with Gasteiger partial charge in [-0.15, -0.1) is 0 Å². The molecule has 0 aliphatic carbocycles. The lowest BCUT2D eigenvalue weighted by molar-refractivity contribution is -0.158. The van der Waals surface area contributed by atoms with E-state index in [2.05, 4.69) is 5.32 Å². The van der Waals surface area contributed by atoms with Crippen molar-refractivity contribution in [2.75, 3.05) is 5.32 Å². The van der Waals surface area contributed by atoms with Gasteiger partial charge in [0.05, 0.1) is 10.4 Å². The van der Waals surface area contributed by atoms with Gasteiger partial charge in [-0.2, -0.15) is 0 Å². The second-order valence-electron chi connectivity index (χ2n) is 6.16. The van der Waals surface area contributed by atoms with E-state index in [1.165, 1.54) is 19.1 Å². The summed E-state index contributed by atoms with van der Waals surface area (Å²) in [5.41, 5.74) is 0.217. The number of halogens is 2. The van der Waals surface area contributed by atoms with Gasteiger partial charge in [0.15, 0.2) is 6.10 Å². The van der Waals surface area contributed by atoms with Crippen molar-refractivity contribution in [3.05, 3.63) is 64.9 Å². The molecule has 25 heavy (non-hydrogen) atoms. The molecule has 0 aromatic heterocycles. The van der Waals surface area contributed by atoms with Crippen molar-refractivity contribution < 1.29 is 18.7 Å². The number of ether oxygens (including phenoxy) is 1. The summed E-state index contributed by atoms with van der Waals surface area (Å²) < 4.78 is 18.4. The molecule has 0 saturated heterocycles. The van der Waals surface area contributed by atoms with Gasteiger partial charge in [0.25, 0.3) is 5.91 Å². The van der Waals surface area contributed by atoms with Gasteiger partial charge >= 0.3 is 5.97 Å². The van der Waals surface area contributed by atoms with Gasteiger partial charge in [-0.05, 0) is 44.5 Å². The number of hydrogen-bond acceptors (Lipinski definition) is 3. The van der Waals surface area contributed by atoms with Crippen molar-refractivity contribution in [3.8, 4) is 0 Å². The minimum atomic E-state index is -1.01. The zero-order chi connectivity index (χ0) is 18.6. The molecule has 0 fully saturated rings. The molecule has 0 unspecified atom stereocenters. The number of carbonyl (C=O) groups excluding carboxylic acids is 2. The minimum absolute atomic E-state index is 0.104. The Bertz CT molecular complexity index is 777. The Hall–Kier alpha value is -2.40. The summed E-state index contributed by atoms with van der Waals surface area (Å²) in [6.07, 6.45) is -1.01. The first-order valence-electron chi connectivity index (χ1n) is 7.74. The lowest BCUT2D eigenvalue weighted by atomic mass is 9.85. The van der Waals surface area contributed by atoms with Gasteiger partial charge in [0.2, 0.25) is 0 Å². The molecule has 1 N–H and O–H groups in total. The highest BCUT2D eigenvalue weighted by Gasteiger charge is 2.33. The molecule has 2 rings (SSSR count). The van der Waals surface area contributed by atoms with Crippen LogP contribution in [0.1, 0.15) is 26.3 Å². The Kier molecular flexibility index (Phi) is 5.80. The van der Waals surface area contributed by atoms with Crippen LogP contribution in [0.4, 0.5) is 10.1 Å². The van der Waals surface area contributed by atoms with Crippen molar-refractivity contribution in [3.63, 3.8) is 0 Å². The quantitative estimate of drug-likeness (QED) is 0.804. The molecule has 1 amide bonds. The molecule has 1 atom stereocenters. The Balaban J connectivity index is 2.02. The predicted molar refractivity (Wildman–Crippen MR) is 95.1 cm³/mol. The Labute approximate surface area is 150 Å². The standard InChI is InChI=1S/C19H19ClFNO3/c1-12(17(23)22-14-9-10-16(21)15(20)11-14)25-18(24)19(2,3)13-7-5-4-6-8-13/h4-12H,1-3H3,(H,22,23)/t12-/m1/s1. The Morgan fingerprint density at radius 3 is 2.40 bits per heavy atom. The number of carbonyl (C=O) groups is 2. The third-order valence-electron chi connectivity index (χ3n) is 3.85. The maximum atomic E-state index is 13.1. The summed E-state index contributed by atoms with van der Waals surface area (Å²) in [5.74, 6) is -1.62. The predicted octanol–water partition coefficient (Wildman–Crippen LogP) is 4.33. The summed E-state index contributed by atoms with van der Waals surface area (Å²) in [6.45, 7) is 4.93. The highest BCUT2D eigenvalue weighted by molar-refractivity contribution is 6.31. The van der Waals surface area contributed by atoms with E-state index in [9.17, 15) is 14.0 Å². The molecule has 132 valence electrons. The van der Waals surface area contributed by atoms with Crippen molar-refractivity contribution >= 4 is 29.2 Å². The SMILES string of the molecule is C[C@@H](OC(=O)C(C)(C)c1ccccc1)C(=O)Nc1ccc(F)c(Cl)c1. The van der Waals surface area contributed by atoms with Crippen LogP contribution in [0, 0.1) is 5.82 Å². The van der Waals surface area contributed by atoms with E-state index in [4.69, 9.17) is 16.3 Å². The number of esters is 1. The van der Waals surface area contributed by atoms with Crippen LogP contribution >= 0.6 is 11.6 Å². The van der Waals surface area contributed by atoms with Crippen LogP contribution in [0.2, 0.25) is 5.02 Å². The Morgan fingerprint density at radius 2 is 1.80 bits per heavy atom. The highest BCUT2D eigenvalue weighted by atomic mass is 35.5. The van der Waals surface area contributed by atoms with E-state index in [1.54, 1.807) is 13.8 Å². The van der Waals surface area contributed by atoms with Gasteiger partial charge in [-0.1, -0.05) is 41.9 Å². The lowest BCUT2D eigenvalue weighted by Gasteiger charge is -2.25.